The predicted octanol–water partition coefficient (Wildman–Crippen LogP) is 4.07. The van der Waals surface area contributed by atoms with Gasteiger partial charge in [0.2, 0.25) is 0 Å². The fourth-order valence-corrected chi connectivity index (χ4v) is 3.26. The van der Waals surface area contributed by atoms with E-state index in [0.29, 0.717) is 5.82 Å². The molecule has 0 bridgehead atoms. The molecule has 0 saturated carbocycles. The lowest BCUT2D eigenvalue weighted by Gasteiger charge is -2.10. The third-order valence-corrected chi connectivity index (χ3v) is 4.22. The maximum absolute atomic E-state index is 6.11. The van der Waals surface area contributed by atoms with Crippen molar-refractivity contribution in [2.24, 2.45) is 0 Å². The molecule has 0 aliphatic rings. The Kier molecular flexibility index (Phi) is 2.11. The molecule has 0 unspecified atom stereocenters. The molecule has 98 valence electrons. The molecule has 3 nitrogen and oxygen atoms in total. The predicted molar refractivity (Wildman–Crippen MR) is 85.0 cm³/mol. The van der Waals surface area contributed by atoms with E-state index in [-0.39, 0.29) is 0 Å². The lowest BCUT2D eigenvalue weighted by atomic mass is 9.96. The van der Waals surface area contributed by atoms with E-state index < -0.39 is 0 Å². The van der Waals surface area contributed by atoms with Crippen molar-refractivity contribution in [2.75, 3.05) is 5.73 Å². The summed E-state index contributed by atoms with van der Waals surface area (Å²) in [6.07, 6.45) is 1.78. The Bertz CT molecular complexity index is 980. The number of hydrogen-bond donors (Lipinski definition) is 2. The van der Waals surface area contributed by atoms with Crippen molar-refractivity contribution in [1.29, 1.82) is 0 Å². The lowest BCUT2D eigenvalue weighted by molar-refractivity contribution is 1.35. The molecular weight excluding hydrogens is 246 g/mol. The maximum atomic E-state index is 6.11. The number of nitrogens with zero attached hydrogens (tertiary/aromatic N) is 1. The van der Waals surface area contributed by atoms with Gasteiger partial charge in [0.15, 0.2) is 0 Å². The number of H-pyrrole nitrogens is 1. The van der Waals surface area contributed by atoms with E-state index in [1.165, 1.54) is 32.8 Å². The van der Waals surface area contributed by atoms with Crippen molar-refractivity contribution >= 4 is 38.4 Å². The fourth-order valence-electron chi connectivity index (χ4n) is 3.26. The van der Waals surface area contributed by atoms with Crippen LogP contribution in [0.1, 0.15) is 11.1 Å². The van der Waals surface area contributed by atoms with Gasteiger partial charge in [0, 0.05) is 27.9 Å². The standard InChI is InChI=1S/C17H15N3/c1-9-11-7-8-19-17(18)15(11)10(2)14-12-5-3-4-6-13(12)20-16(9)14/h3-8,20H,1-2H3,(H2,18,19). The van der Waals surface area contributed by atoms with E-state index in [1.54, 1.807) is 6.20 Å². The minimum atomic E-state index is 0.607. The number of nitrogen functional groups attached to an aromatic ring is 1. The minimum absolute atomic E-state index is 0.607. The molecule has 20 heavy (non-hydrogen) atoms. The summed E-state index contributed by atoms with van der Waals surface area (Å²) in [7, 11) is 0. The zero-order valence-corrected chi connectivity index (χ0v) is 11.5. The first-order valence-electron chi connectivity index (χ1n) is 6.72. The Balaban J connectivity index is 2.40. The number of pyridine rings is 1. The summed E-state index contributed by atoms with van der Waals surface area (Å²) in [6.45, 7) is 4.27. The summed E-state index contributed by atoms with van der Waals surface area (Å²) < 4.78 is 0. The van der Waals surface area contributed by atoms with Crippen LogP contribution in [0.4, 0.5) is 5.82 Å². The molecule has 4 rings (SSSR count). The van der Waals surface area contributed by atoms with Gasteiger partial charge < -0.3 is 10.7 Å². The number of aromatic nitrogens is 2. The van der Waals surface area contributed by atoms with Crippen LogP contribution in [0.5, 0.6) is 0 Å². The van der Waals surface area contributed by atoms with Crippen LogP contribution >= 0.6 is 0 Å². The van der Waals surface area contributed by atoms with Gasteiger partial charge in [0.1, 0.15) is 5.82 Å². The second-order valence-corrected chi connectivity index (χ2v) is 5.29. The van der Waals surface area contributed by atoms with Crippen molar-refractivity contribution in [2.45, 2.75) is 13.8 Å². The van der Waals surface area contributed by atoms with Crippen LogP contribution in [-0.2, 0) is 0 Å². The smallest absolute Gasteiger partial charge is 0.131 e. The number of fused-ring (bicyclic) bond motifs is 4. The van der Waals surface area contributed by atoms with Gasteiger partial charge in [-0.1, -0.05) is 18.2 Å². The number of benzene rings is 2. The summed E-state index contributed by atoms with van der Waals surface area (Å²) in [5.41, 5.74) is 10.9. The summed E-state index contributed by atoms with van der Waals surface area (Å²) >= 11 is 0. The molecular formula is C17H15N3. The third kappa shape index (κ3) is 1.27. The monoisotopic (exact) mass is 261 g/mol. The second-order valence-electron chi connectivity index (χ2n) is 5.29. The number of nitrogens with one attached hydrogen (secondary N) is 1. The van der Waals surface area contributed by atoms with E-state index in [0.717, 1.165) is 10.9 Å². The largest absolute Gasteiger partial charge is 0.383 e. The van der Waals surface area contributed by atoms with Crippen LogP contribution in [-0.4, -0.2) is 9.97 Å². The highest BCUT2D eigenvalue weighted by Crippen LogP contribution is 2.37. The van der Waals surface area contributed by atoms with Crippen LogP contribution in [0.15, 0.2) is 36.5 Å². The number of rotatable bonds is 0. The highest BCUT2D eigenvalue weighted by molar-refractivity contribution is 6.17. The Hall–Kier alpha value is -2.55. The molecule has 4 aromatic rings. The van der Waals surface area contributed by atoms with E-state index in [1.807, 2.05) is 6.07 Å². The van der Waals surface area contributed by atoms with E-state index >= 15 is 0 Å². The zero-order valence-electron chi connectivity index (χ0n) is 11.5. The average molecular weight is 261 g/mol. The molecule has 3 heteroatoms. The molecule has 2 aromatic carbocycles. The average Bonchev–Trinajstić information content (AvgIpc) is 2.84. The Morgan fingerprint density at radius 3 is 2.60 bits per heavy atom. The van der Waals surface area contributed by atoms with Crippen molar-refractivity contribution in [3.05, 3.63) is 47.7 Å². The third-order valence-electron chi connectivity index (χ3n) is 4.22. The quantitative estimate of drug-likeness (QED) is 0.501. The SMILES string of the molecule is Cc1c2ccnc(N)c2c(C)c2c1[nH]c1ccccc12. The second kappa shape index (κ2) is 3.73. The van der Waals surface area contributed by atoms with E-state index in [2.05, 4.69) is 48.1 Å². The highest BCUT2D eigenvalue weighted by atomic mass is 14.8. The van der Waals surface area contributed by atoms with Crippen molar-refractivity contribution in [1.82, 2.24) is 9.97 Å². The molecule has 0 aliphatic heterocycles. The Morgan fingerprint density at radius 2 is 1.75 bits per heavy atom. The molecule has 2 aromatic heterocycles. The molecule has 2 heterocycles. The van der Waals surface area contributed by atoms with Crippen LogP contribution in [0.2, 0.25) is 0 Å². The highest BCUT2D eigenvalue weighted by Gasteiger charge is 2.15. The Morgan fingerprint density at radius 1 is 0.950 bits per heavy atom. The molecule has 3 N–H and O–H groups in total. The summed E-state index contributed by atoms with van der Waals surface area (Å²) in [5, 5.41) is 4.75. The van der Waals surface area contributed by atoms with Gasteiger partial charge in [-0.05, 0) is 42.5 Å². The minimum Gasteiger partial charge on any atom is -0.383 e. The summed E-state index contributed by atoms with van der Waals surface area (Å²) in [4.78, 5) is 7.79. The van der Waals surface area contributed by atoms with Crippen LogP contribution < -0.4 is 5.73 Å². The van der Waals surface area contributed by atoms with Gasteiger partial charge in [-0.3, -0.25) is 0 Å². The van der Waals surface area contributed by atoms with Gasteiger partial charge in [0.25, 0.3) is 0 Å². The van der Waals surface area contributed by atoms with Gasteiger partial charge in [-0.25, -0.2) is 4.98 Å². The van der Waals surface area contributed by atoms with Crippen LogP contribution in [0, 0.1) is 13.8 Å². The molecule has 0 fully saturated rings. The molecule has 0 atom stereocenters. The molecule has 0 saturated heterocycles. The molecule has 0 spiro atoms. The molecule has 0 radical (unpaired) electrons. The first kappa shape index (κ1) is 11.3. The molecule has 0 amide bonds. The number of hydrogen-bond acceptors (Lipinski definition) is 2. The first-order chi connectivity index (χ1) is 9.68. The number of aryl methyl sites for hydroxylation is 2. The zero-order chi connectivity index (χ0) is 13.9. The van der Waals surface area contributed by atoms with Gasteiger partial charge in [-0.15, -0.1) is 0 Å². The fraction of sp³-hybridized carbons (Fsp3) is 0.118. The van der Waals surface area contributed by atoms with Crippen molar-refractivity contribution < 1.29 is 0 Å². The van der Waals surface area contributed by atoms with Crippen molar-refractivity contribution in [3.63, 3.8) is 0 Å². The maximum Gasteiger partial charge on any atom is 0.131 e. The number of para-hydroxylation sites is 1. The van der Waals surface area contributed by atoms with Crippen molar-refractivity contribution in [3.8, 4) is 0 Å². The van der Waals surface area contributed by atoms with E-state index in [9.17, 15) is 0 Å². The first-order valence-corrected chi connectivity index (χ1v) is 6.72. The Labute approximate surface area is 116 Å². The topological polar surface area (TPSA) is 54.7 Å². The summed E-state index contributed by atoms with van der Waals surface area (Å²) in [5.74, 6) is 0.607. The molecule has 0 aliphatic carbocycles. The lowest BCUT2D eigenvalue weighted by Crippen LogP contribution is -1.95. The van der Waals surface area contributed by atoms with Gasteiger partial charge in [0.05, 0.1) is 5.52 Å². The van der Waals surface area contributed by atoms with Gasteiger partial charge in [-0.2, -0.15) is 0 Å². The number of aromatic amines is 1. The summed E-state index contributed by atoms with van der Waals surface area (Å²) in [6, 6.07) is 10.4. The normalized spacial score (nSPS) is 11.7. The number of anilines is 1. The number of nitrogens with two attached hydrogens (primary N) is 1. The van der Waals surface area contributed by atoms with Crippen LogP contribution in [0.25, 0.3) is 32.6 Å². The van der Waals surface area contributed by atoms with Crippen LogP contribution in [0.3, 0.4) is 0 Å². The van der Waals surface area contributed by atoms with E-state index in [4.69, 9.17) is 5.73 Å². The van der Waals surface area contributed by atoms with Gasteiger partial charge >= 0.3 is 0 Å².